The summed E-state index contributed by atoms with van der Waals surface area (Å²) in [6.07, 6.45) is 4.13. The summed E-state index contributed by atoms with van der Waals surface area (Å²) in [4.78, 5) is 25.8. The molecule has 3 aliphatic rings. The predicted molar refractivity (Wildman–Crippen MR) is 100 cm³/mol. The lowest BCUT2D eigenvalue weighted by molar-refractivity contribution is -0.937. The van der Waals surface area contributed by atoms with E-state index in [1.165, 1.54) is 4.90 Å². The van der Waals surface area contributed by atoms with Crippen LogP contribution in [-0.2, 0) is 14.3 Å². The van der Waals surface area contributed by atoms with Crippen LogP contribution in [0.5, 0.6) is 11.5 Å². The Kier molecular flexibility index (Phi) is 5.97. The van der Waals surface area contributed by atoms with Crippen molar-refractivity contribution in [1.82, 2.24) is 10.6 Å². The van der Waals surface area contributed by atoms with Crippen molar-refractivity contribution in [3.05, 3.63) is 23.8 Å². The van der Waals surface area contributed by atoms with Crippen molar-refractivity contribution in [1.29, 1.82) is 0 Å². The van der Waals surface area contributed by atoms with Crippen LogP contribution in [0.3, 0.4) is 0 Å². The molecular formula is C20H28N3O5+. The number of hydrogen-bond donors (Lipinski definition) is 3. The van der Waals surface area contributed by atoms with Crippen molar-refractivity contribution in [3.8, 4) is 11.5 Å². The van der Waals surface area contributed by atoms with Crippen LogP contribution in [0.15, 0.2) is 18.2 Å². The van der Waals surface area contributed by atoms with Crippen LogP contribution < -0.4 is 25.0 Å². The molecule has 2 fully saturated rings. The Labute approximate surface area is 164 Å². The first-order valence-electron chi connectivity index (χ1n) is 10.1. The maximum atomic E-state index is 12.3. The molecule has 1 aromatic rings. The SMILES string of the molecule is O=C(NC[C@H](c1ccc2c(c1)OCO2)[NH+]1CCOCC1)C(=O)NC1CCCC1. The highest BCUT2D eigenvalue weighted by molar-refractivity contribution is 6.35. The van der Waals surface area contributed by atoms with Gasteiger partial charge in [-0.1, -0.05) is 12.8 Å². The zero-order valence-corrected chi connectivity index (χ0v) is 16.0. The smallest absolute Gasteiger partial charge is 0.309 e. The summed E-state index contributed by atoms with van der Waals surface area (Å²) in [7, 11) is 0. The number of ether oxygens (including phenoxy) is 3. The van der Waals surface area contributed by atoms with Gasteiger partial charge in [0.25, 0.3) is 0 Å². The largest absolute Gasteiger partial charge is 0.454 e. The molecule has 0 radical (unpaired) electrons. The lowest BCUT2D eigenvalue weighted by Crippen LogP contribution is -3.15. The van der Waals surface area contributed by atoms with E-state index in [4.69, 9.17) is 14.2 Å². The Morgan fingerprint density at radius 2 is 1.82 bits per heavy atom. The Morgan fingerprint density at radius 1 is 1.07 bits per heavy atom. The standard InChI is InChI=1S/C20H27N3O5/c24-19(20(25)22-15-3-1-2-4-15)21-12-16(23-7-9-26-10-8-23)14-5-6-17-18(11-14)28-13-27-17/h5-6,11,15-16H,1-4,7-10,12-13H2,(H,21,24)(H,22,25)/p+1/t16-/m1/s1. The van der Waals surface area contributed by atoms with Gasteiger partial charge in [0.2, 0.25) is 6.79 Å². The van der Waals surface area contributed by atoms with Crippen molar-refractivity contribution in [2.45, 2.75) is 37.8 Å². The van der Waals surface area contributed by atoms with Crippen LogP contribution in [0.4, 0.5) is 0 Å². The van der Waals surface area contributed by atoms with Crippen molar-refractivity contribution < 1.29 is 28.7 Å². The van der Waals surface area contributed by atoms with Crippen LogP contribution in [0.2, 0.25) is 0 Å². The van der Waals surface area contributed by atoms with E-state index in [1.807, 2.05) is 18.2 Å². The average molecular weight is 390 g/mol. The van der Waals surface area contributed by atoms with E-state index in [9.17, 15) is 9.59 Å². The molecule has 2 aliphatic heterocycles. The number of rotatable bonds is 5. The molecule has 8 heteroatoms. The molecule has 1 saturated heterocycles. The summed E-state index contributed by atoms with van der Waals surface area (Å²) in [6, 6.07) is 6.03. The number of carbonyl (C=O) groups excluding carboxylic acids is 2. The first kappa shape index (κ1) is 19.0. The maximum Gasteiger partial charge on any atom is 0.309 e. The second-order valence-electron chi connectivity index (χ2n) is 7.60. The minimum Gasteiger partial charge on any atom is -0.454 e. The number of morpholine rings is 1. The molecule has 3 N–H and O–H groups in total. The molecule has 2 heterocycles. The van der Waals surface area contributed by atoms with Gasteiger partial charge in [-0.05, 0) is 31.0 Å². The highest BCUT2D eigenvalue weighted by Gasteiger charge is 2.30. The number of quaternary nitrogens is 1. The third-order valence-electron chi connectivity index (χ3n) is 5.79. The first-order chi connectivity index (χ1) is 13.7. The third-order valence-corrected chi connectivity index (χ3v) is 5.79. The normalized spacial score (nSPS) is 20.7. The Balaban J connectivity index is 1.41. The fourth-order valence-corrected chi connectivity index (χ4v) is 4.21. The fraction of sp³-hybridized carbons (Fsp3) is 0.600. The molecular weight excluding hydrogens is 362 g/mol. The van der Waals surface area contributed by atoms with E-state index in [0.29, 0.717) is 19.8 Å². The van der Waals surface area contributed by atoms with Gasteiger partial charge in [-0.2, -0.15) is 0 Å². The van der Waals surface area contributed by atoms with Crippen LogP contribution in [-0.4, -0.2) is 57.5 Å². The van der Waals surface area contributed by atoms with Crippen molar-refractivity contribution >= 4 is 11.8 Å². The van der Waals surface area contributed by atoms with Gasteiger partial charge >= 0.3 is 11.8 Å². The zero-order valence-electron chi connectivity index (χ0n) is 16.0. The molecule has 1 aliphatic carbocycles. The molecule has 28 heavy (non-hydrogen) atoms. The summed E-state index contributed by atoms with van der Waals surface area (Å²) in [5, 5.41) is 5.68. The number of amides is 2. The summed E-state index contributed by atoms with van der Waals surface area (Å²) < 4.78 is 16.4. The highest BCUT2D eigenvalue weighted by atomic mass is 16.7. The van der Waals surface area contributed by atoms with Crippen LogP contribution >= 0.6 is 0 Å². The van der Waals surface area contributed by atoms with Gasteiger partial charge in [-0.3, -0.25) is 9.59 Å². The Morgan fingerprint density at radius 3 is 2.61 bits per heavy atom. The number of nitrogens with one attached hydrogen (secondary N) is 3. The maximum absolute atomic E-state index is 12.3. The van der Waals surface area contributed by atoms with E-state index >= 15 is 0 Å². The van der Waals surface area contributed by atoms with E-state index in [0.717, 1.165) is 55.8 Å². The fourth-order valence-electron chi connectivity index (χ4n) is 4.21. The molecule has 0 unspecified atom stereocenters. The van der Waals surface area contributed by atoms with Gasteiger partial charge in [0, 0.05) is 11.6 Å². The van der Waals surface area contributed by atoms with E-state index in [-0.39, 0.29) is 18.9 Å². The van der Waals surface area contributed by atoms with Crippen molar-refractivity contribution in [2.75, 3.05) is 39.6 Å². The Hall–Kier alpha value is -2.32. The number of benzene rings is 1. The molecule has 2 amide bonds. The molecule has 8 nitrogen and oxygen atoms in total. The second-order valence-corrected chi connectivity index (χ2v) is 7.60. The van der Waals surface area contributed by atoms with Crippen molar-refractivity contribution in [2.24, 2.45) is 0 Å². The summed E-state index contributed by atoms with van der Waals surface area (Å²) >= 11 is 0. The van der Waals surface area contributed by atoms with Crippen LogP contribution in [0, 0.1) is 0 Å². The lowest BCUT2D eigenvalue weighted by Gasteiger charge is -2.32. The molecule has 0 aromatic heterocycles. The predicted octanol–water partition coefficient (Wildman–Crippen LogP) is -0.453. The van der Waals surface area contributed by atoms with Gasteiger partial charge in [0.05, 0.1) is 19.8 Å². The Bertz CT molecular complexity index is 714. The minimum absolute atomic E-state index is 0.0154. The monoisotopic (exact) mass is 390 g/mol. The molecule has 0 spiro atoms. The van der Waals surface area contributed by atoms with E-state index < -0.39 is 11.8 Å². The molecule has 1 atom stereocenters. The summed E-state index contributed by atoms with van der Waals surface area (Å²) in [6.45, 7) is 3.68. The van der Waals surface area contributed by atoms with Crippen LogP contribution in [0.1, 0.15) is 37.3 Å². The zero-order chi connectivity index (χ0) is 19.3. The molecule has 0 bridgehead atoms. The second kappa shape index (κ2) is 8.79. The topological polar surface area (TPSA) is 90.3 Å². The molecule has 152 valence electrons. The van der Waals surface area contributed by atoms with Gasteiger partial charge in [0.15, 0.2) is 11.5 Å². The summed E-state index contributed by atoms with van der Waals surface area (Å²) in [5.74, 6) is 0.360. The van der Waals surface area contributed by atoms with Gasteiger partial charge < -0.3 is 29.7 Å². The van der Waals surface area contributed by atoms with E-state index in [1.54, 1.807) is 0 Å². The van der Waals surface area contributed by atoms with E-state index in [2.05, 4.69) is 10.6 Å². The van der Waals surface area contributed by atoms with Gasteiger partial charge in [-0.25, -0.2) is 0 Å². The quantitative estimate of drug-likeness (QED) is 0.593. The number of fused-ring (bicyclic) bond motifs is 1. The third kappa shape index (κ3) is 4.39. The molecule has 1 aromatic carbocycles. The van der Waals surface area contributed by atoms with Crippen LogP contribution in [0.25, 0.3) is 0 Å². The van der Waals surface area contributed by atoms with Gasteiger partial charge in [-0.15, -0.1) is 0 Å². The molecule has 1 saturated carbocycles. The minimum atomic E-state index is -0.565. The summed E-state index contributed by atoms with van der Waals surface area (Å²) in [5.41, 5.74) is 1.05. The highest BCUT2D eigenvalue weighted by Crippen LogP contribution is 2.33. The lowest BCUT2D eigenvalue weighted by atomic mass is 10.0. The molecule has 4 rings (SSSR count). The van der Waals surface area contributed by atoms with Crippen molar-refractivity contribution in [3.63, 3.8) is 0 Å². The number of hydrogen-bond acceptors (Lipinski definition) is 5. The first-order valence-corrected chi connectivity index (χ1v) is 10.1. The number of carbonyl (C=O) groups is 2. The van der Waals surface area contributed by atoms with Gasteiger partial charge in [0.1, 0.15) is 19.1 Å². The average Bonchev–Trinajstić information content (AvgIpc) is 3.40.